The van der Waals surface area contributed by atoms with Crippen LogP contribution in [0.1, 0.15) is 59.8 Å². The first kappa shape index (κ1) is 23.5. The Kier molecular flexibility index (Phi) is 8.16. The molecule has 0 bridgehead atoms. The summed E-state index contributed by atoms with van der Waals surface area (Å²) in [6, 6.07) is 0.0295. The molecule has 0 aliphatic carbocycles. The summed E-state index contributed by atoms with van der Waals surface area (Å²) in [5.41, 5.74) is 0. The Hall–Kier alpha value is -1.18. The first-order valence-corrected chi connectivity index (χ1v) is 12.0. The fourth-order valence-corrected chi connectivity index (χ4v) is 5.86. The molecule has 6 atom stereocenters. The van der Waals surface area contributed by atoms with Crippen LogP contribution in [0.3, 0.4) is 0 Å². The highest BCUT2D eigenvalue weighted by Crippen LogP contribution is 2.34. The van der Waals surface area contributed by atoms with E-state index in [1.54, 1.807) is 6.92 Å². The van der Waals surface area contributed by atoms with Crippen LogP contribution in [0.4, 0.5) is 0 Å². The van der Waals surface area contributed by atoms with Gasteiger partial charge in [-0.2, -0.15) is 0 Å². The lowest BCUT2D eigenvalue weighted by molar-refractivity contribution is -0.162. The maximum Gasteiger partial charge on any atom is 0.252 e. The molecule has 172 valence electrons. The summed E-state index contributed by atoms with van der Waals surface area (Å²) in [4.78, 5) is 32.2. The van der Waals surface area contributed by atoms with E-state index in [1.807, 2.05) is 9.80 Å². The molecule has 5 unspecified atom stereocenters. The maximum atomic E-state index is 13.3. The number of carbonyl (C=O) groups is 2. The van der Waals surface area contributed by atoms with Crippen molar-refractivity contribution >= 4 is 11.8 Å². The van der Waals surface area contributed by atoms with Crippen molar-refractivity contribution in [2.75, 3.05) is 39.8 Å². The van der Waals surface area contributed by atoms with Crippen molar-refractivity contribution in [2.45, 2.75) is 84.2 Å². The Morgan fingerprint density at radius 2 is 2.07 bits per heavy atom. The number of amides is 2. The molecular formula is C23H42N4O3. The van der Waals surface area contributed by atoms with Gasteiger partial charge in [-0.15, -0.1) is 0 Å². The molecule has 3 heterocycles. The minimum absolute atomic E-state index is 0.0100. The van der Waals surface area contributed by atoms with Crippen LogP contribution in [0.5, 0.6) is 0 Å². The normalized spacial score (nSPS) is 32.9. The van der Waals surface area contributed by atoms with Crippen molar-refractivity contribution in [1.29, 1.82) is 0 Å². The largest absolute Gasteiger partial charge is 0.368 e. The van der Waals surface area contributed by atoms with Crippen molar-refractivity contribution in [3.05, 3.63) is 0 Å². The van der Waals surface area contributed by atoms with Crippen molar-refractivity contribution in [1.82, 2.24) is 20.0 Å². The lowest BCUT2D eigenvalue weighted by atomic mass is 9.79. The number of piperazine rings is 1. The molecule has 0 aromatic heterocycles. The van der Waals surface area contributed by atoms with Crippen LogP contribution in [-0.2, 0) is 14.3 Å². The monoisotopic (exact) mass is 422 g/mol. The van der Waals surface area contributed by atoms with Gasteiger partial charge in [-0.3, -0.25) is 14.9 Å². The third kappa shape index (κ3) is 5.00. The van der Waals surface area contributed by atoms with Gasteiger partial charge >= 0.3 is 0 Å². The van der Waals surface area contributed by atoms with Gasteiger partial charge < -0.3 is 19.4 Å². The third-order valence-electron chi connectivity index (χ3n) is 7.33. The second kappa shape index (κ2) is 10.4. The number of fused-ring (bicyclic) bond motifs is 1. The Bertz CT molecular complexity index is 595. The van der Waals surface area contributed by atoms with Crippen molar-refractivity contribution in [2.24, 2.45) is 11.8 Å². The predicted octanol–water partition coefficient (Wildman–Crippen LogP) is 1.92. The summed E-state index contributed by atoms with van der Waals surface area (Å²) in [6.45, 7) is 12.6. The van der Waals surface area contributed by atoms with E-state index in [0.717, 1.165) is 51.7 Å². The molecule has 3 saturated heterocycles. The smallest absolute Gasteiger partial charge is 0.252 e. The Labute approximate surface area is 182 Å². The Morgan fingerprint density at radius 3 is 2.67 bits per heavy atom. The molecule has 0 spiro atoms. The lowest BCUT2D eigenvalue weighted by Gasteiger charge is -2.55. The molecule has 3 rings (SSSR count). The van der Waals surface area contributed by atoms with E-state index in [0.29, 0.717) is 25.0 Å². The van der Waals surface area contributed by atoms with Crippen LogP contribution in [0, 0.1) is 11.8 Å². The minimum Gasteiger partial charge on any atom is -0.368 e. The zero-order chi connectivity index (χ0) is 21.8. The number of rotatable bonds is 7. The van der Waals surface area contributed by atoms with Crippen LogP contribution >= 0.6 is 0 Å². The second-order valence-corrected chi connectivity index (χ2v) is 9.61. The van der Waals surface area contributed by atoms with Gasteiger partial charge in [-0.05, 0) is 58.0 Å². The number of nitrogens with zero attached hydrogens (tertiary/aromatic N) is 3. The molecule has 0 aromatic carbocycles. The van der Waals surface area contributed by atoms with Crippen molar-refractivity contribution < 1.29 is 14.3 Å². The van der Waals surface area contributed by atoms with Gasteiger partial charge in [0.15, 0.2) is 0 Å². The molecule has 7 heteroatoms. The molecule has 0 saturated carbocycles. The molecule has 2 amide bonds. The number of piperidine rings is 1. The Morgan fingerprint density at radius 1 is 1.30 bits per heavy atom. The van der Waals surface area contributed by atoms with Crippen LogP contribution in [0.15, 0.2) is 0 Å². The van der Waals surface area contributed by atoms with E-state index in [4.69, 9.17) is 4.74 Å². The van der Waals surface area contributed by atoms with Gasteiger partial charge in [0, 0.05) is 39.2 Å². The summed E-state index contributed by atoms with van der Waals surface area (Å²) in [5, 5.41) is 3.68. The van der Waals surface area contributed by atoms with Gasteiger partial charge in [0.25, 0.3) is 5.91 Å². The summed E-state index contributed by atoms with van der Waals surface area (Å²) in [5.74, 6) is 1.29. The quantitative estimate of drug-likeness (QED) is 0.679. The van der Waals surface area contributed by atoms with E-state index < -0.39 is 0 Å². The average molecular weight is 423 g/mol. The van der Waals surface area contributed by atoms with E-state index in [2.05, 4.69) is 38.0 Å². The highest BCUT2D eigenvalue weighted by atomic mass is 16.5. The zero-order valence-electron chi connectivity index (χ0n) is 19.6. The predicted molar refractivity (Wildman–Crippen MR) is 118 cm³/mol. The van der Waals surface area contributed by atoms with Crippen molar-refractivity contribution in [3.63, 3.8) is 0 Å². The maximum absolute atomic E-state index is 13.3. The van der Waals surface area contributed by atoms with Gasteiger partial charge in [0.2, 0.25) is 5.91 Å². The summed E-state index contributed by atoms with van der Waals surface area (Å²) in [7, 11) is 2.21. The van der Waals surface area contributed by atoms with E-state index >= 15 is 0 Å². The Balaban J connectivity index is 1.79. The number of hydrogen-bond acceptors (Lipinski definition) is 5. The molecule has 3 aliphatic heterocycles. The number of nitrogens with one attached hydrogen (secondary N) is 1. The number of ether oxygens (including phenoxy) is 1. The van der Waals surface area contributed by atoms with Crippen molar-refractivity contribution in [3.8, 4) is 0 Å². The molecule has 7 nitrogen and oxygen atoms in total. The average Bonchev–Trinajstić information content (AvgIpc) is 3.25. The molecule has 30 heavy (non-hydrogen) atoms. The lowest BCUT2D eigenvalue weighted by Crippen LogP contribution is -2.73. The van der Waals surface area contributed by atoms with Gasteiger partial charge in [-0.1, -0.05) is 20.3 Å². The molecule has 3 aliphatic rings. The molecule has 1 N–H and O–H groups in total. The summed E-state index contributed by atoms with van der Waals surface area (Å²) < 4.78 is 5.73. The highest BCUT2D eigenvalue weighted by Gasteiger charge is 2.48. The fraction of sp³-hybridized carbons (Fsp3) is 0.913. The van der Waals surface area contributed by atoms with Crippen LogP contribution in [-0.4, -0.2) is 90.7 Å². The molecule has 0 radical (unpaired) electrons. The minimum atomic E-state index is -0.306. The molecule has 3 fully saturated rings. The first-order chi connectivity index (χ1) is 14.4. The number of carbonyl (C=O) groups excluding carboxylic acids is 2. The summed E-state index contributed by atoms with van der Waals surface area (Å²) in [6.07, 6.45) is 4.60. The SMILES string of the molecule is CCCN(C)CC(CC)C1CNC2C(C1)N(C(=O)C1CCCO1)C[C@H](C)N2C(C)=O. The molecular weight excluding hydrogens is 380 g/mol. The van der Waals surface area contributed by atoms with Gasteiger partial charge in [0.05, 0.1) is 6.04 Å². The second-order valence-electron chi connectivity index (χ2n) is 9.61. The standard InChI is InChI=1S/C23H42N4O3/c1-6-10-25(5)15-18(7-2)19-12-20-22(24-13-19)27(17(4)28)16(3)14-26(20)23(29)21-9-8-11-30-21/h16,18-22,24H,6-15H2,1-5H3/t16-,18?,19?,20?,21?,22?/m0/s1. The fourth-order valence-electron chi connectivity index (χ4n) is 5.86. The highest BCUT2D eigenvalue weighted by molar-refractivity contribution is 5.82. The topological polar surface area (TPSA) is 65.1 Å². The first-order valence-electron chi connectivity index (χ1n) is 12.0. The third-order valence-corrected chi connectivity index (χ3v) is 7.33. The van der Waals surface area contributed by atoms with E-state index in [9.17, 15) is 9.59 Å². The van der Waals surface area contributed by atoms with E-state index in [-0.39, 0.29) is 36.2 Å². The van der Waals surface area contributed by atoms with E-state index in [1.165, 1.54) is 0 Å². The van der Waals surface area contributed by atoms with Crippen LogP contribution in [0.25, 0.3) is 0 Å². The van der Waals surface area contributed by atoms with Crippen LogP contribution in [0.2, 0.25) is 0 Å². The van der Waals surface area contributed by atoms with Crippen LogP contribution < -0.4 is 5.32 Å². The number of hydrogen-bond donors (Lipinski definition) is 1. The zero-order valence-corrected chi connectivity index (χ0v) is 19.6. The molecule has 0 aromatic rings. The van der Waals surface area contributed by atoms with Gasteiger partial charge in [0.1, 0.15) is 12.3 Å². The van der Waals surface area contributed by atoms with Gasteiger partial charge in [-0.25, -0.2) is 0 Å². The summed E-state index contributed by atoms with van der Waals surface area (Å²) >= 11 is 0.